The number of aromatic nitrogens is 2. The largest absolute Gasteiger partial charge is 0 e. The van der Waals surface area contributed by atoms with Crippen molar-refractivity contribution >= 4 is 74.6 Å². The van der Waals surface area contributed by atoms with E-state index >= 15 is 0 Å². The number of esters is 1. The van der Waals surface area contributed by atoms with Gasteiger partial charge in [0.2, 0.25) is 11.0 Å². The minimum atomic E-state index is -1.51. The van der Waals surface area contributed by atoms with E-state index in [1.165, 1.54) is 42.3 Å². The molecule has 12 heteroatoms. The summed E-state index contributed by atoms with van der Waals surface area (Å²) in [6.45, 7) is 5.89. The number of benzene rings is 5. The standard InChI is InChI=1S/C27H30N3O2S.C18H21N2OS.B.Th.2H/c1-19-6-15-24-25(18-19)33-26(20-7-11-22(12-8-20)28(2)3)30(24)16-17-32-27(31)21-9-13-23(14-10-21)29(4)5;1-13-4-9-16-17(12-13)22-18(20(16)10-11-21)14-5-7-15(8-6-14)19(2)3;;;;/h6-15,18H,16-17H2,1-5H3;4-9,12,21H,10-11H2,1-3H3;;;;/q2*+1;;;;/i;;;;1+2;1+1. The van der Waals surface area contributed by atoms with Crippen LogP contribution >= 0.6 is 22.7 Å². The predicted octanol–water partition coefficient (Wildman–Crippen LogP) is 7.46. The molecule has 0 unspecified atom stereocenters. The van der Waals surface area contributed by atoms with Gasteiger partial charge < -0.3 is 24.5 Å². The van der Waals surface area contributed by atoms with Crippen LogP contribution in [0.2, 0.25) is 0 Å². The Kier molecular flexibility index (Phi) is 15.5. The summed E-state index contributed by atoms with van der Waals surface area (Å²) in [5.41, 5.74) is 11.2. The molecule has 5 aromatic carbocycles. The number of nitrogens with zero attached hydrogens (tertiary/aromatic N) is 5. The SMILES string of the molecule is Cc1ccc2c(c1)sc(-c1ccc(N(C)C)cc1)[n+]2CCO.Cc1ccc2c(c1)sc(-c1ccc(N(C)C)cc1)[n+]2CCOC(=O)c1ccc(N(C)C)cc1.[2H][Th][3H].[B]. The Hall–Kier alpha value is -3.90. The second-order valence-electron chi connectivity index (χ2n) is 14.2. The Morgan fingerprint density at radius 2 is 1.07 bits per heavy atom. The fraction of sp³-hybridized carbons (Fsp3) is 0.267. The fourth-order valence-corrected chi connectivity index (χ4v) is 8.96. The molecule has 0 bridgehead atoms. The first-order valence-corrected chi connectivity index (χ1v) is 20.0. The van der Waals surface area contributed by atoms with Crippen molar-refractivity contribution in [2.75, 3.05) is 70.2 Å². The monoisotopic (exact) mass is 1020 g/mol. The molecule has 8 nitrogen and oxygen atoms in total. The molecule has 57 heavy (non-hydrogen) atoms. The molecule has 0 spiro atoms. The minimum Gasteiger partial charge on any atom is 0 e. The second kappa shape index (κ2) is 20.7. The van der Waals surface area contributed by atoms with Gasteiger partial charge in [-0.25, -0.2) is 4.79 Å². The molecule has 0 saturated carbocycles. The number of aryl methyl sites for hydroxylation is 2. The van der Waals surface area contributed by atoms with Gasteiger partial charge in [-0.15, -0.1) is 0 Å². The summed E-state index contributed by atoms with van der Waals surface area (Å²) in [6.07, 6.45) is 0. The van der Waals surface area contributed by atoms with Crippen LogP contribution in [0, 0.1) is 53.1 Å². The smallest absolute Gasteiger partial charge is 0 e. The van der Waals surface area contributed by atoms with Crippen LogP contribution in [-0.4, -0.2) is 74.3 Å². The van der Waals surface area contributed by atoms with Gasteiger partial charge in [-0.1, -0.05) is 34.8 Å². The van der Waals surface area contributed by atoms with Crippen LogP contribution in [0.4, 0.5) is 17.1 Å². The fourth-order valence-electron chi connectivity index (χ4n) is 6.38. The molecule has 0 aliphatic carbocycles. The van der Waals surface area contributed by atoms with Crippen LogP contribution < -0.4 is 23.8 Å². The number of anilines is 3. The third kappa shape index (κ3) is 11.0. The number of hydrogen-bond acceptors (Lipinski definition) is 8. The van der Waals surface area contributed by atoms with E-state index in [1.807, 2.05) is 71.5 Å². The molecule has 3 radical (unpaired) electrons. The van der Waals surface area contributed by atoms with E-state index in [0.717, 1.165) is 27.5 Å². The first-order valence-electron chi connectivity index (χ1n) is 19.4. The van der Waals surface area contributed by atoms with Crippen molar-refractivity contribution in [3.05, 3.63) is 126 Å². The van der Waals surface area contributed by atoms with Crippen molar-refractivity contribution in [3.63, 3.8) is 0 Å². The Labute approximate surface area is 378 Å². The summed E-state index contributed by atoms with van der Waals surface area (Å²) in [6, 6.07) is 37.6. The molecule has 7 aromatic rings. The van der Waals surface area contributed by atoms with E-state index in [2.05, 4.69) is 118 Å². The summed E-state index contributed by atoms with van der Waals surface area (Å²) >= 11 is 2.05. The molecule has 1 N–H and O–H groups in total. The number of carbonyl (C=O) groups excluding carboxylic acids is 1. The van der Waals surface area contributed by atoms with Crippen LogP contribution in [-0.2, 0) is 17.8 Å². The minimum absolute atomic E-state index is 0. The Bertz CT molecular complexity index is 2420. The van der Waals surface area contributed by atoms with Gasteiger partial charge in [-0.2, -0.15) is 9.13 Å². The van der Waals surface area contributed by atoms with E-state index in [0.29, 0.717) is 25.3 Å². The number of rotatable bonds is 11. The van der Waals surface area contributed by atoms with Gasteiger partial charge in [0.25, 0.3) is 10.0 Å². The summed E-state index contributed by atoms with van der Waals surface area (Å²) in [4.78, 5) is 18.8. The molecule has 2 heterocycles. The van der Waals surface area contributed by atoms with Gasteiger partial charge in [0.15, 0.2) is 19.7 Å². The Morgan fingerprint density at radius 1 is 0.684 bits per heavy atom. The molecular weight excluding hydrogens is 966 g/mol. The van der Waals surface area contributed by atoms with Gasteiger partial charge in [0.05, 0.1) is 16.7 Å². The number of thiazole rings is 2. The maximum atomic E-state index is 12.6. The zero-order chi connectivity index (χ0) is 41.9. The number of aliphatic hydroxyl groups is 1. The zero-order valence-electron chi connectivity index (χ0n) is 36.1. The van der Waals surface area contributed by atoms with E-state index in [1.54, 1.807) is 22.7 Å². The normalized spacial score (nSPS) is 10.8. The zero-order valence-corrected chi connectivity index (χ0v) is 39.9. The molecular formula is C45H53BN5O3S2Th+2. The van der Waals surface area contributed by atoms with Gasteiger partial charge in [0.1, 0.15) is 16.0 Å². The molecule has 0 atom stereocenters. The first kappa shape index (κ1) is 42.7. The molecule has 293 valence electrons. The second-order valence-corrected chi connectivity index (χ2v) is 16.3. The maximum absolute atomic E-state index is 12.6. The molecule has 0 aliphatic rings. The van der Waals surface area contributed by atoms with Crippen molar-refractivity contribution in [1.29, 1.82) is -0.657 Å². The van der Waals surface area contributed by atoms with Crippen molar-refractivity contribution in [1.82, 2.24) is 0 Å². The molecule has 0 fully saturated rings. The van der Waals surface area contributed by atoms with Crippen LogP contribution in [0.25, 0.3) is 41.6 Å². The topological polar surface area (TPSA) is 64.0 Å². The maximum Gasteiger partial charge on any atom is 0 e. The van der Waals surface area contributed by atoms with Crippen LogP contribution in [0.1, 0.15) is 21.5 Å². The van der Waals surface area contributed by atoms with Crippen molar-refractivity contribution < 1.29 is 63.1 Å². The van der Waals surface area contributed by atoms with Crippen LogP contribution in [0.15, 0.2) is 109 Å². The molecule has 0 aliphatic heterocycles. The van der Waals surface area contributed by atoms with Gasteiger partial charge >= 0.3 is 44.6 Å². The summed E-state index contributed by atoms with van der Waals surface area (Å²) in [5.74, 6) is -0.298. The third-order valence-electron chi connectivity index (χ3n) is 9.47. The van der Waals surface area contributed by atoms with E-state index in [4.69, 9.17) is 4.08 Å². The molecule has 2 aromatic heterocycles. The molecule has 0 amide bonds. The van der Waals surface area contributed by atoms with Crippen LogP contribution in [0.3, 0.4) is 0 Å². The number of hydrogen-bond donors (Lipinski definition) is 1. The predicted molar refractivity (Wildman–Crippen MR) is 240 cm³/mol. The van der Waals surface area contributed by atoms with Gasteiger partial charge in [0, 0.05) is 79.9 Å². The summed E-state index contributed by atoms with van der Waals surface area (Å²) in [5, 5.41) is 11.8. The number of fused-ring (bicyclic) bond motifs is 2. The average molecular weight is 1020 g/mol. The summed E-state index contributed by atoms with van der Waals surface area (Å²) < 4.78 is 24.8. The van der Waals surface area contributed by atoms with Gasteiger partial charge in [-0.05, 0) is 110 Å². The number of aliphatic hydroxyl groups excluding tert-OH is 1. The van der Waals surface area contributed by atoms with E-state index in [-0.39, 0.29) is 21.0 Å². The average Bonchev–Trinajstić information content (AvgIpc) is 3.75. The van der Waals surface area contributed by atoms with E-state index in [9.17, 15) is 9.90 Å². The van der Waals surface area contributed by atoms with Gasteiger partial charge in [-0.3, -0.25) is 0 Å². The Balaban J connectivity index is 0.000000257. The third-order valence-corrected chi connectivity index (χ3v) is 11.9. The van der Waals surface area contributed by atoms with Crippen molar-refractivity contribution in [3.8, 4) is 21.1 Å². The molecule has 0 saturated heterocycles. The quantitative estimate of drug-likeness (QED) is 0.0826. The summed E-state index contributed by atoms with van der Waals surface area (Å²) in [7, 11) is 12.1. The van der Waals surface area contributed by atoms with Crippen molar-refractivity contribution in [2.45, 2.75) is 26.9 Å². The Morgan fingerprint density at radius 3 is 1.46 bits per heavy atom. The van der Waals surface area contributed by atoms with Crippen molar-refractivity contribution in [2.24, 2.45) is 0 Å². The van der Waals surface area contributed by atoms with Crippen LogP contribution in [0.5, 0.6) is 0 Å². The molecule has 7 rings (SSSR count). The number of carbonyl (C=O) groups is 1. The van der Waals surface area contributed by atoms with E-state index < -0.39 is 39.3 Å². The first-order chi connectivity index (χ1) is 27.8. The number of ether oxygens (including phenoxy) is 1.